The second-order valence-corrected chi connectivity index (χ2v) is 10.1. The van der Waals surface area contributed by atoms with Gasteiger partial charge in [-0.15, -0.1) is 0 Å². The zero-order valence-electron chi connectivity index (χ0n) is 15.7. The second-order valence-electron chi connectivity index (χ2n) is 6.63. The van der Waals surface area contributed by atoms with E-state index in [9.17, 15) is 14.0 Å². The Balaban J connectivity index is 1.91. The van der Waals surface area contributed by atoms with Crippen molar-refractivity contribution in [3.63, 3.8) is 0 Å². The lowest BCUT2D eigenvalue weighted by molar-refractivity contribution is -1.92. The van der Waals surface area contributed by atoms with Crippen molar-refractivity contribution in [3.8, 4) is 0 Å². The summed E-state index contributed by atoms with van der Waals surface area (Å²) in [7, 11) is -1.24. The molecule has 0 aliphatic carbocycles. The number of hydrogen-bond acceptors (Lipinski definition) is 7. The fourth-order valence-electron chi connectivity index (χ4n) is 3.15. The third kappa shape index (κ3) is 4.19. The van der Waals surface area contributed by atoms with Crippen molar-refractivity contribution >= 4 is 44.1 Å². The summed E-state index contributed by atoms with van der Waals surface area (Å²) in [6.45, 7) is 0. The van der Waals surface area contributed by atoms with Crippen LogP contribution in [0.3, 0.4) is 0 Å². The fourth-order valence-corrected chi connectivity index (χ4v) is 7.00. The molecule has 0 radical (unpaired) electrons. The van der Waals surface area contributed by atoms with Crippen LogP contribution in [0, 0.1) is 10.2 Å². The van der Waals surface area contributed by atoms with Crippen molar-refractivity contribution in [1.82, 2.24) is 4.90 Å². The Morgan fingerprint density at radius 1 is 0.793 bits per heavy atom. The highest BCUT2D eigenvalue weighted by atomic mass is 35.7. The quantitative estimate of drug-likeness (QED) is 0.554. The van der Waals surface area contributed by atoms with Gasteiger partial charge in [-0.25, -0.2) is 4.90 Å². The van der Waals surface area contributed by atoms with Gasteiger partial charge in [0.05, 0.1) is 10.2 Å². The first-order chi connectivity index (χ1) is 13.8. The summed E-state index contributed by atoms with van der Waals surface area (Å²) in [5.41, 5.74) is 1.90. The van der Waals surface area contributed by atoms with Crippen LogP contribution in [0.2, 0.25) is 0 Å². The van der Waals surface area contributed by atoms with Crippen molar-refractivity contribution in [2.75, 3.05) is 14.1 Å². The summed E-state index contributed by atoms with van der Waals surface area (Å²) in [5, 5.41) is 2.12. The topological polar surface area (TPSA) is 81.7 Å². The van der Waals surface area contributed by atoms with Gasteiger partial charge in [-0.2, -0.15) is 14.0 Å². The molecule has 1 atom stereocenters. The van der Waals surface area contributed by atoms with Crippen molar-refractivity contribution in [3.05, 3.63) is 83.9 Å². The lowest BCUT2D eigenvalue weighted by atomic mass is 10.0. The number of rotatable bonds is 5. The third-order valence-corrected chi connectivity index (χ3v) is 8.39. The van der Waals surface area contributed by atoms with E-state index in [2.05, 4.69) is 0 Å². The van der Waals surface area contributed by atoms with Crippen molar-refractivity contribution < 1.29 is 28.5 Å². The standard InChI is InChI=1S/C21H18ClNO4S2/c1-23(2)21(27-22(24,25)26)28-19(16-10-4-3-5-11-16)20(29-21)18-14-8-12-15-9-6-7-13-17(15)18/h3-14H,1-2H3. The fraction of sp³-hybridized carbons (Fsp3) is 0.143. The Bertz CT molecular complexity index is 1060. The molecular formula is C21H18ClNO4S2. The molecule has 0 amide bonds. The van der Waals surface area contributed by atoms with Gasteiger partial charge in [-0.05, 0) is 59.5 Å². The first kappa shape index (κ1) is 20.7. The summed E-state index contributed by atoms with van der Waals surface area (Å²) < 4.78 is 38.2. The number of nitrogens with zero attached hydrogens (tertiary/aromatic N) is 1. The number of hydrogen-bond donors (Lipinski definition) is 0. The van der Waals surface area contributed by atoms with E-state index in [1.807, 2.05) is 72.8 Å². The molecule has 0 spiro atoms. The summed E-state index contributed by atoms with van der Waals surface area (Å²) in [6, 6.07) is 23.7. The maximum absolute atomic E-state index is 11.5. The van der Waals surface area contributed by atoms with E-state index in [-0.39, 0.29) is 0 Å². The molecule has 0 aromatic heterocycles. The number of fused-ring (bicyclic) bond motifs is 1. The van der Waals surface area contributed by atoms with E-state index in [1.165, 1.54) is 23.5 Å². The Kier molecular flexibility index (Phi) is 5.67. The summed E-state index contributed by atoms with van der Waals surface area (Å²) in [5.74, 6) is 0. The van der Waals surface area contributed by atoms with Gasteiger partial charge in [0, 0.05) is 9.81 Å². The minimum atomic E-state index is -4.62. The maximum atomic E-state index is 11.5. The van der Waals surface area contributed by atoms with E-state index >= 15 is 0 Å². The molecule has 0 saturated carbocycles. The molecule has 1 aliphatic heterocycles. The molecule has 0 N–H and O–H groups in total. The molecule has 29 heavy (non-hydrogen) atoms. The van der Waals surface area contributed by atoms with Crippen LogP contribution in [0.15, 0.2) is 72.8 Å². The highest BCUT2D eigenvalue weighted by Gasteiger charge is 2.56. The van der Waals surface area contributed by atoms with Gasteiger partial charge in [-0.3, -0.25) is 0 Å². The Hall–Kier alpha value is -1.55. The minimum Gasteiger partial charge on any atom is -0.250 e. The molecule has 1 heterocycles. The molecule has 3 aromatic rings. The van der Waals surface area contributed by atoms with Gasteiger partial charge in [0.25, 0.3) is 0 Å². The summed E-state index contributed by atoms with van der Waals surface area (Å²) >= 11 is 2.44. The minimum absolute atomic E-state index is 0.861. The molecule has 0 fully saturated rings. The average molecular weight is 448 g/mol. The smallest absolute Gasteiger partial charge is 0.250 e. The van der Waals surface area contributed by atoms with Gasteiger partial charge in [0.2, 0.25) is 0 Å². The summed E-state index contributed by atoms with van der Waals surface area (Å²) in [6.07, 6.45) is 0. The molecule has 1 unspecified atom stereocenters. The maximum Gasteiger partial charge on any atom is 0.381 e. The number of thioether (sulfide) groups is 2. The SMILES string of the molecule is CN(C)C1(O[Cl+3]([O-])([O-])[O-])SC(c2ccccc2)=C(c2cccc3ccccc23)S1. The van der Waals surface area contributed by atoms with Crippen molar-refractivity contribution in [2.45, 2.75) is 4.39 Å². The van der Waals surface area contributed by atoms with Crippen LogP contribution in [0.25, 0.3) is 20.6 Å². The Morgan fingerprint density at radius 3 is 2.10 bits per heavy atom. The first-order valence-corrected chi connectivity index (χ1v) is 11.6. The van der Waals surface area contributed by atoms with Gasteiger partial charge < -0.3 is 0 Å². The molecule has 0 bridgehead atoms. The van der Waals surface area contributed by atoms with E-state index < -0.39 is 14.6 Å². The molecule has 1 aliphatic rings. The van der Waals surface area contributed by atoms with Crippen LogP contribution in [0.4, 0.5) is 0 Å². The second kappa shape index (κ2) is 7.94. The average Bonchev–Trinajstić information content (AvgIpc) is 3.07. The van der Waals surface area contributed by atoms with Crippen LogP contribution in [-0.4, -0.2) is 23.4 Å². The first-order valence-electron chi connectivity index (χ1n) is 8.74. The van der Waals surface area contributed by atoms with Crippen LogP contribution in [0.1, 0.15) is 11.1 Å². The number of halogens is 1. The lowest BCUT2D eigenvalue weighted by Gasteiger charge is -2.29. The molecule has 0 saturated heterocycles. The summed E-state index contributed by atoms with van der Waals surface area (Å²) in [4.78, 5) is 3.33. The normalized spacial score (nSPS) is 20.1. The molecule has 3 aromatic carbocycles. The third-order valence-electron chi connectivity index (χ3n) is 4.48. The van der Waals surface area contributed by atoms with Crippen molar-refractivity contribution in [2.24, 2.45) is 0 Å². The van der Waals surface area contributed by atoms with Crippen LogP contribution >= 0.6 is 23.5 Å². The predicted molar refractivity (Wildman–Crippen MR) is 110 cm³/mol. The van der Waals surface area contributed by atoms with Crippen LogP contribution in [0.5, 0.6) is 0 Å². The zero-order valence-corrected chi connectivity index (χ0v) is 18.1. The van der Waals surface area contributed by atoms with Crippen LogP contribution in [-0.2, 0) is 4.29 Å². The van der Waals surface area contributed by atoms with E-state index in [4.69, 9.17) is 4.29 Å². The monoisotopic (exact) mass is 447 g/mol. The molecular weight excluding hydrogens is 430 g/mol. The molecule has 150 valence electrons. The largest absolute Gasteiger partial charge is 0.381 e. The van der Waals surface area contributed by atoms with E-state index in [0.29, 0.717) is 0 Å². The number of benzene rings is 3. The van der Waals surface area contributed by atoms with E-state index in [1.54, 1.807) is 19.0 Å². The molecule has 4 rings (SSSR count). The van der Waals surface area contributed by atoms with Gasteiger partial charge in [-0.1, -0.05) is 72.8 Å². The van der Waals surface area contributed by atoms with Gasteiger partial charge in [0.15, 0.2) is 0 Å². The van der Waals surface area contributed by atoms with Gasteiger partial charge >= 0.3 is 4.39 Å². The van der Waals surface area contributed by atoms with Crippen LogP contribution < -0.4 is 14.0 Å². The Morgan fingerprint density at radius 2 is 1.41 bits per heavy atom. The lowest BCUT2D eigenvalue weighted by Crippen LogP contribution is -2.65. The highest BCUT2D eigenvalue weighted by Crippen LogP contribution is 2.63. The molecule has 8 heteroatoms. The molecule has 5 nitrogen and oxygen atoms in total. The predicted octanol–water partition coefficient (Wildman–Crippen LogP) is 2.23. The Labute approximate surface area is 179 Å². The zero-order chi connectivity index (χ0) is 20.6. The van der Waals surface area contributed by atoms with Crippen molar-refractivity contribution in [1.29, 1.82) is 0 Å². The van der Waals surface area contributed by atoms with Gasteiger partial charge in [0.1, 0.15) is 4.29 Å². The highest BCUT2D eigenvalue weighted by molar-refractivity contribution is 8.30. The van der Waals surface area contributed by atoms with E-state index in [0.717, 1.165) is 31.7 Å².